The van der Waals surface area contributed by atoms with Crippen LogP contribution in [0.1, 0.15) is 49.9 Å². The molecule has 3 N–H and O–H groups in total. The van der Waals surface area contributed by atoms with Gasteiger partial charge in [0.2, 0.25) is 5.91 Å². The van der Waals surface area contributed by atoms with Crippen molar-refractivity contribution in [3.8, 4) is 0 Å². The van der Waals surface area contributed by atoms with Crippen LogP contribution in [0, 0.1) is 0 Å². The molecule has 0 aliphatic heterocycles. The fourth-order valence-electron chi connectivity index (χ4n) is 2.19. The Morgan fingerprint density at radius 2 is 1.86 bits per heavy atom. The normalized spacial score (nSPS) is 10.4. The van der Waals surface area contributed by atoms with Crippen LogP contribution in [0.3, 0.4) is 0 Å². The molecule has 0 aliphatic rings. The van der Waals surface area contributed by atoms with E-state index < -0.39 is 29.3 Å². The molecule has 1 heterocycles. The van der Waals surface area contributed by atoms with E-state index in [1.165, 1.54) is 0 Å². The molecule has 1 amide bonds. The minimum atomic E-state index is -4.79. The van der Waals surface area contributed by atoms with Crippen molar-refractivity contribution < 1.29 is 37.4 Å². The number of amides is 1. The minimum Gasteiger partial charge on any atom is -0.477 e. The largest absolute Gasteiger partial charge is 0.477 e. The molecule has 1 rings (SSSR count). The van der Waals surface area contributed by atoms with Gasteiger partial charge >= 0.3 is 12.1 Å². The van der Waals surface area contributed by atoms with Crippen LogP contribution >= 0.6 is 0 Å². The third-order valence-corrected chi connectivity index (χ3v) is 3.62. The number of likely N-dealkylation sites (N-methyl/N-ethyl adjacent to an activating group) is 1. The molecule has 0 saturated carbocycles. The molecule has 0 aliphatic carbocycles. The van der Waals surface area contributed by atoms with Crippen molar-refractivity contribution in [2.45, 2.75) is 40.8 Å². The molecular weight excluding hydrogens is 395 g/mol. The average Bonchev–Trinajstić information content (AvgIpc) is 3.04. The molecule has 1 aromatic heterocycles. The van der Waals surface area contributed by atoms with Gasteiger partial charge < -0.3 is 25.0 Å². The fourth-order valence-corrected chi connectivity index (χ4v) is 2.19. The number of carbonyl (C=O) groups is 3. The van der Waals surface area contributed by atoms with Gasteiger partial charge in [0, 0.05) is 18.8 Å². The van der Waals surface area contributed by atoms with Gasteiger partial charge in [-0.1, -0.05) is 21.3 Å². The summed E-state index contributed by atoms with van der Waals surface area (Å²) < 4.78 is 42.4. The summed E-state index contributed by atoms with van der Waals surface area (Å²) in [7, 11) is 0. The Balaban J connectivity index is 0. The highest BCUT2D eigenvalue weighted by molar-refractivity contribution is 5.88. The standard InChI is InChI=1S/C14H20F3N3O3.C3H6O2.CH4/c1-3-20(4-2)6-5-18-11(21)8-9-7-10(14(15,16)17)12(19-9)13(22)23;1-2-5-3-4;/h7,19H,3-6,8H2,1-2H3,(H,18,21)(H,22,23);3H,2H2,1H3;1H4. The van der Waals surface area contributed by atoms with Crippen LogP contribution in [0.25, 0.3) is 0 Å². The summed E-state index contributed by atoms with van der Waals surface area (Å²) in [6.45, 7) is 9.31. The Morgan fingerprint density at radius 3 is 2.21 bits per heavy atom. The van der Waals surface area contributed by atoms with Crippen molar-refractivity contribution in [1.82, 2.24) is 15.2 Å². The van der Waals surface area contributed by atoms with Crippen LogP contribution in [-0.4, -0.2) is 66.1 Å². The summed E-state index contributed by atoms with van der Waals surface area (Å²) in [5.41, 5.74) is -2.32. The monoisotopic (exact) mass is 425 g/mol. The maximum Gasteiger partial charge on any atom is 0.418 e. The Labute approximate surface area is 168 Å². The van der Waals surface area contributed by atoms with E-state index >= 15 is 0 Å². The fraction of sp³-hybridized carbons (Fsp3) is 0.611. The van der Waals surface area contributed by atoms with Gasteiger partial charge in [0.15, 0.2) is 0 Å². The number of halogens is 3. The molecule has 0 fully saturated rings. The highest BCUT2D eigenvalue weighted by Gasteiger charge is 2.37. The van der Waals surface area contributed by atoms with E-state index in [2.05, 4.69) is 19.9 Å². The molecule has 11 heteroatoms. The van der Waals surface area contributed by atoms with Gasteiger partial charge in [-0.25, -0.2) is 4.79 Å². The summed E-state index contributed by atoms with van der Waals surface area (Å²) >= 11 is 0. The van der Waals surface area contributed by atoms with Gasteiger partial charge in [-0.2, -0.15) is 13.2 Å². The summed E-state index contributed by atoms with van der Waals surface area (Å²) in [6.07, 6.45) is -5.13. The number of aromatic nitrogens is 1. The predicted octanol–water partition coefficient (Wildman–Crippen LogP) is 2.55. The number of aromatic amines is 1. The van der Waals surface area contributed by atoms with Crippen LogP contribution in [0.2, 0.25) is 0 Å². The van der Waals surface area contributed by atoms with E-state index in [1.807, 2.05) is 13.8 Å². The lowest BCUT2D eigenvalue weighted by atomic mass is 10.2. The summed E-state index contributed by atoms with van der Waals surface area (Å²) in [4.78, 5) is 36.0. The van der Waals surface area contributed by atoms with Gasteiger partial charge in [-0.15, -0.1) is 0 Å². The molecule has 29 heavy (non-hydrogen) atoms. The van der Waals surface area contributed by atoms with Crippen LogP contribution in [0.15, 0.2) is 6.07 Å². The number of carbonyl (C=O) groups excluding carboxylic acids is 2. The maximum absolute atomic E-state index is 12.7. The van der Waals surface area contributed by atoms with Gasteiger partial charge in [0.25, 0.3) is 6.47 Å². The number of alkyl halides is 3. The number of H-pyrrole nitrogens is 1. The molecule has 0 unspecified atom stereocenters. The third kappa shape index (κ3) is 11.1. The summed E-state index contributed by atoms with van der Waals surface area (Å²) in [5, 5.41) is 11.4. The number of rotatable bonds is 10. The summed E-state index contributed by atoms with van der Waals surface area (Å²) in [5.74, 6) is -2.19. The van der Waals surface area contributed by atoms with E-state index in [1.54, 1.807) is 6.92 Å². The second kappa shape index (κ2) is 14.4. The van der Waals surface area contributed by atoms with Crippen molar-refractivity contribution in [3.63, 3.8) is 0 Å². The van der Waals surface area contributed by atoms with E-state index in [0.717, 1.165) is 13.1 Å². The second-order valence-corrected chi connectivity index (χ2v) is 5.49. The van der Waals surface area contributed by atoms with Gasteiger partial charge in [0.05, 0.1) is 18.6 Å². The number of nitrogens with zero attached hydrogens (tertiary/aromatic N) is 1. The molecule has 0 saturated heterocycles. The molecule has 0 spiro atoms. The molecule has 0 bridgehead atoms. The SMILES string of the molecule is C.CCN(CC)CCNC(=O)Cc1cc(C(F)(F)F)c(C(=O)O)[nH]1.CCOC=O. The smallest absolute Gasteiger partial charge is 0.418 e. The molecule has 0 atom stereocenters. The van der Waals surface area contributed by atoms with Crippen LogP contribution in [-0.2, 0) is 26.9 Å². The minimum absolute atomic E-state index is 0. The summed E-state index contributed by atoms with van der Waals surface area (Å²) in [6, 6.07) is 0.660. The zero-order chi connectivity index (χ0) is 21.7. The van der Waals surface area contributed by atoms with Gasteiger partial charge in [-0.3, -0.25) is 9.59 Å². The van der Waals surface area contributed by atoms with Crippen molar-refractivity contribution in [2.75, 3.05) is 32.8 Å². The van der Waals surface area contributed by atoms with Gasteiger partial charge in [-0.05, 0) is 26.1 Å². The maximum atomic E-state index is 12.7. The van der Waals surface area contributed by atoms with Crippen LogP contribution in [0.4, 0.5) is 13.2 Å². The van der Waals surface area contributed by atoms with E-state index in [0.29, 0.717) is 32.2 Å². The van der Waals surface area contributed by atoms with E-state index in [9.17, 15) is 27.6 Å². The lowest BCUT2D eigenvalue weighted by Crippen LogP contribution is -2.35. The number of carboxylic acids is 1. The van der Waals surface area contributed by atoms with Crippen LogP contribution < -0.4 is 5.32 Å². The molecule has 0 aromatic carbocycles. The van der Waals surface area contributed by atoms with E-state index in [-0.39, 0.29) is 19.5 Å². The molecule has 168 valence electrons. The highest BCUT2D eigenvalue weighted by atomic mass is 19.4. The quantitative estimate of drug-likeness (QED) is 0.497. The zero-order valence-corrected chi connectivity index (χ0v) is 16.1. The first kappa shape index (κ1) is 28.6. The number of hydrogen-bond donors (Lipinski definition) is 3. The first-order valence-electron chi connectivity index (χ1n) is 8.67. The van der Waals surface area contributed by atoms with Crippen molar-refractivity contribution in [3.05, 3.63) is 23.0 Å². The van der Waals surface area contributed by atoms with Crippen LogP contribution in [0.5, 0.6) is 0 Å². The lowest BCUT2D eigenvalue weighted by Gasteiger charge is -2.17. The topological polar surface area (TPSA) is 112 Å². The third-order valence-electron chi connectivity index (χ3n) is 3.62. The number of ether oxygens (including phenoxy) is 1. The molecule has 0 radical (unpaired) electrons. The Bertz CT molecular complexity index is 629. The predicted molar refractivity (Wildman–Crippen MR) is 102 cm³/mol. The lowest BCUT2D eigenvalue weighted by molar-refractivity contribution is -0.138. The number of hydrogen-bond acceptors (Lipinski definition) is 5. The Hall–Kier alpha value is -2.56. The molecule has 8 nitrogen and oxygen atoms in total. The Kier molecular flexibility index (Phi) is 14.3. The second-order valence-electron chi connectivity index (χ2n) is 5.49. The number of carboxylic acid groups (broad SMARTS) is 1. The molecule has 1 aromatic rings. The Morgan fingerprint density at radius 1 is 1.28 bits per heavy atom. The highest BCUT2D eigenvalue weighted by Crippen LogP contribution is 2.32. The molecular formula is C18H30F3N3O5. The van der Waals surface area contributed by atoms with Crippen molar-refractivity contribution >= 4 is 18.3 Å². The zero-order valence-electron chi connectivity index (χ0n) is 16.1. The van der Waals surface area contributed by atoms with Crippen molar-refractivity contribution in [2.24, 2.45) is 0 Å². The number of aromatic carboxylic acids is 1. The first-order chi connectivity index (χ1) is 13.1. The van der Waals surface area contributed by atoms with Gasteiger partial charge in [0.1, 0.15) is 5.69 Å². The first-order valence-corrected chi connectivity index (χ1v) is 8.67. The van der Waals surface area contributed by atoms with Crippen molar-refractivity contribution in [1.29, 1.82) is 0 Å². The number of nitrogens with one attached hydrogen (secondary N) is 2. The average molecular weight is 425 g/mol. The van der Waals surface area contributed by atoms with E-state index in [4.69, 9.17) is 5.11 Å².